The third kappa shape index (κ3) is 3.30. The topological polar surface area (TPSA) is 66.0 Å². The van der Waals surface area contributed by atoms with Gasteiger partial charge in [0, 0.05) is 36.7 Å². The van der Waals surface area contributed by atoms with Crippen molar-refractivity contribution in [1.29, 1.82) is 0 Å². The molecule has 0 aliphatic carbocycles. The van der Waals surface area contributed by atoms with Crippen LogP contribution in [0.4, 0.5) is 4.39 Å². The van der Waals surface area contributed by atoms with E-state index in [-0.39, 0.29) is 6.04 Å². The summed E-state index contributed by atoms with van der Waals surface area (Å²) in [6.45, 7) is 5.27. The number of fused-ring (bicyclic) bond motifs is 3. The van der Waals surface area contributed by atoms with Gasteiger partial charge in [-0.2, -0.15) is 4.39 Å². The molecular weight excluding hydrogens is 431 g/mol. The minimum Gasteiger partial charge on any atom is -0.381 e. The van der Waals surface area contributed by atoms with Crippen LogP contribution >= 0.6 is 0 Å². The van der Waals surface area contributed by atoms with Crippen LogP contribution in [0.2, 0.25) is 0 Å². The van der Waals surface area contributed by atoms with Gasteiger partial charge >= 0.3 is 0 Å². The average molecular weight is 457 g/mol. The number of nitrogens with zero attached hydrogens (tertiary/aromatic N) is 4. The summed E-state index contributed by atoms with van der Waals surface area (Å²) in [4.78, 5) is 8.71. The molecule has 0 saturated carbocycles. The lowest BCUT2D eigenvalue weighted by Gasteiger charge is -2.33. The lowest BCUT2D eigenvalue weighted by atomic mass is 9.86. The summed E-state index contributed by atoms with van der Waals surface area (Å²) in [5, 5.41) is 4.57. The molecule has 1 unspecified atom stereocenters. The van der Waals surface area contributed by atoms with Crippen molar-refractivity contribution in [2.75, 3.05) is 13.2 Å². The summed E-state index contributed by atoms with van der Waals surface area (Å²) in [6, 6.07) is 14.4. The molecule has 0 radical (unpaired) electrons. The van der Waals surface area contributed by atoms with Crippen LogP contribution in [0.1, 0.15) is 35.9 Å². The minimum absolute atomic E-state index is 0.00798. The summed E-state index contributed by atoms with van der Waals surface area (Å²) >= 11 is 0. The number of hydrogen-bond acceptors (Lipinski definition) is 5. The Morgan fingerprint density at radius 1 is 1.03 bits per heavy atom. The standard InChI is InChI=1S/C27H25FN4O2/c1-16-23(17(2)34-31-16)20-14-22-25(30-15-20)24-21(8-11-29-27(24)28)32(22)26(18-6-4-3-5-7-18)19-9-12-33-13-10-19/h3-8,11,14-15,19,26H,9-10,12-13H2,1-2H3. The molecule has 7 heteroatoms. The van der Waals surface area contributed by atoms with Gasteiger partial charge in [-0.1, -0.05) is 35.5 Å². The van der Waals surface area contributed by atoms with Gasteiger partial charge in [0.05, 0.1) is 28.2 Å². The maximum Gasteiger partial charge on any atom is 0.224 e. The van der Waals surface area contributed by atoms with Crippen LogP contribution in [0, 0.1) is 25.7 Å². The molecule has 34 heavy (non-hydrogen) atoms. The van der Waals surface area contributed by atoms with Gasteiger partial charge in [-0.25, -0.2) is 4.98 Å². The first-order valence-corrected chi connectivity index (χ1v) is 11.6. The second kappa shape index (κ2) is 8.33. The molecule has 1 atom stereocenters. The molecule has 1 aliphatic heterocycles. The first-order valence-electron chi connectivity index (χ1n) is 11.6. The van der Waals surface area contributed by atoms with E-state index in [0.717, 1.165) is 59.7 Å². The molecule has 4 aromatic heterocycles. The fourth-order valence-corrected chi connectivity index (χ4v) is 5.45. The third-order valence-corrected chi connectivity index (χ3v) is 6.96. The van der Waals surface area contributed by atoms with Crippen molar-refractivity contribution >= 4 is 21.9 Å². The average Bonchev–Trinajstić information content (AvgIpc) is 3.37. The first kappa shape index (κ1) is 21.0. The zero-order valence-corrected chi connectivity index (χ0v) is 19.2. The highest BCUT2D eigenvalue weighted by molar-refractivity contribution is 6.06. The third-order valence-electron chi connectivity index (χ3n) is 6.96. The molecule has 172 valence electrons. The van der Waals surface area contributed by atoms with Crippen molar-refractivity contribution in [1.82, 2.24) is 19.7 Å². The second-order valence-corrected chi connectivity index (χ2v) is 8.96. The van der Waals surface area contributed by atoms with Gasteiger partial charge in [-0.3, -0.25) is 4.98 Å². The Balaban J connectivity index is 1.68. The molecule has 1 fully saturated rings. The molecule has 0 spiro atoms. The van der Waals surface area contributed by atoms with Crippen LogP contribution in [-0.4, -0.2) is 32.9 Å². The van der Waals surface area contributed by atoms with E-state index in [9.17, 15) is 0 Å². The molecule has 1 aromatic carbocycles. The Labute approximate surface area is 196 Å². The van der Waals surface area contributed by atoms with Crippen molar-refractivity contribution in [2.45, 2.75) is 32.7 Å². The molecule has 0 amide bonds. The Bertz CT molecular complexity index is 1470. The number of halogens is 1. The minimum atomic E-state index is -0.502. The fourth-order valence-electron chi connectivity index (χ4n) is 5.45. The van der Waals surface area contributed by atoms with Crippen LogP contribution in [0.3, 0.4) is 0 Å². The van der Waals surface area contributed by atoms with E-state index >= 15 is 4.39 Å². The van der Waals surface area contributed by atoms with E-state index in [4.69, 9.17) is 14.2 Å². The molecule has 1 aliphatic rings. The fraction of sp³-hybridized carbons (Fsp3) is 0.296. The number of ether oxygens (including phenoxy) is 1. The normalized spacial score (nSPS) is 15.9. The van der Waals surface area contributed by atoms with Crippen molar-refractivity contribution < 1.29 is 13.7 Å². The number of rotatable bonds is 4. The van der Waals surface area contributed by atoms with Gasteiger partial charge in [-0.05, 0) is 50.3 Å². The smallest absolute Gasteiger partial charge is 0.224 e. The van der Waals surface area contributed by atoms with Gasteiger partial charge in [0.2, 0.25) is 5.95 Å². The summed E-state index contributed by atoms with van der Waals surface area (Å²) < 4.78 is 28.5. The SMILES string of the molecule is Cc1noc(C)c1-c1cnc2c3c(F)nccc3n(C(c3ccccc3)C3CCOCC3)c2c1. The van der Waals surface area contributed by atoms with E-state index < -0.39 is 5.95 Å². The van der Waals surface area contributed by atoms with Crippen LogP contribution in [0.15, 0.2) is 59.4 Å². The number of pyridine rings is 2. The number of aromatic nitrogens is 4. The summed E-state index contributed by atoms with van der Waals surface area (Å²) in [5.41, 5.74) is 6.11. The number of hydrogen-bond donors (Lipinski definition) is 0. The predicted octanol–water partition coefficient (Wildman–Crippen LogP) is 6.01. The van der Waals surface area contributed by atoms with Crippen LogP contribution in [0.5, 0.6) is 0 Å². The number of benzene rings is 1. The molecule has 5 heterocycles. The van der Waals surface area contributed by atoms with Gasteiger partial charge in [0.25, 0.3) is 0 Å². The van der Waals surface area contributed by atoms with Crippen molar-refractivity contribution in [3.05, 3.63) is 77.8 Å². The zero-order chi connectivity index (χ0) is 23.2. The second-order valence-electron chi connectivity index (χ2n) is 8.96. The first-order chi connectivity index (χ1) is 16.6. The maximum absolute atomic E-state index is 15.1. The van der Waals surface area contributed by atoms with Crippen LogP contribution in [-0.2, 0) is 4.74 Å². The van der Waals surface area contributed by atoms with Gasteiger partial charge in [-0.15, -0.1) is 0 Å². The van der Waals surface area contributed by atoms with E-state index in [1.54, 1.807) is 6.20 Å². The molecule has 6 nitrogen and oxygen atoms in total. The lowest BCUT2D eigenvalue weighted by molar-refractivity contribution is 0.0553. The van der Waals surface area contributed by atoms with Gasteiger partial charge < -0.3 is 13.8 Å². The molecule has 6 rings (SSSR count). The van der Waals surface area contributed by atoms with E-state index in [2.05, 4.69) is 45.0 Å². The molecule has 1 saturated heterocycles. The Hall–Kier alpha value is -3.58. The quantitative estimate of drug-likeness (QED) is 0.310. The maximum atomic E-state index is 15.1. The lowest BCUT2D eigenvalue weighted by Crippen LogP contribution is -2.26. The molecule has 0 N–H and O–H groups in total. The zero-order valence-electron chi connectivity index (χ0n) is 19.2. The Morgan fingerprint density at radius 3 is 2.56 bits per heavy atom. The largest absolute Gasteiger partial charge is 0.381 e. The highest BCUT2D eigenvalue weighted by Gasteiger charge is 2.31. The Kier molecular flexibility index (Phi) is 5.14. The van der Waals surface area contributed by atoms with Crippen molar-refractivity contribution in [3.63, 3.8) is 0 Å². The monoisotopic (exact) mass is 456 g/mol. The number of aryl methyl sites for hydroxylation is 2. The molecule has 5 aromatic rings. The Morgan fingerprint density at radius 2 is 1.82 bits per heavy atom. The molecule has 0 bridgehead atoms. The molecular formula is C27H25FN4O2. The highest BCUT2D eigenvalue weighted by atomic mass is 19.1. The van der Waals surface area contributed by atoms with E-state index in [1.807, 2.05) is 26.0 Å². The van der Waals surface area contributed by atoms with Crippen LogP contribution in [0.25, 0.3) is 33.1 Å². The summed E-state index contributed by atoms with van der Waals surface area (Å²) in [7, 11) is 0. The van der Waals surface area contributed by atoms with Gasteiger partial charge in [0.15, 0.2) is 0 Å². The summed E-state index contributed by atoms with van der Waals surface area (Å²) in [5.74, 6) is 0.574. The predicted molar refractivity (Wildman–Crippen MR) is 128 cm³/mol. The van der Waals surface area contributed by atoms with Gasteiger partial charge in [0.1, 0.15) is 11.3 Å². The highest BCUT2D eigenvalue weighted by Crippen LogP contribution is 2.41. The van der Waals surface area contributed by atoms with Crippen molar-refractivity contribution in [2.24, 2.45) is 5.92 Å². The van der Waals surface area contributed by atoms with E-state index in [0.29, 0.717) is 16.8 Å². The van der Waals surface area contributed by atoms with Crippen LogP contribution < -0.4 is 0 Å². The summed E-state index contributed by atoms with van der Waals surface area (Å²) in [6.07, 6.45) is 5.18. The van der Waals surface area contributed by atoms with Crippen molar-refractivity contribution in [3.8, 4) is 11.1 Å². The van der Waals surface area contributed by atoms with E-state index in [1.165, 1.54) is 11.8 Å².